The lowest BCUT2D eigenvalue weighted by molar-refractivity contribution is 0.254. The topological polar surface area (TPSA) is 118 Å². The molecule has 3 heterocycles. The molecule has 9 nitrogen and oxygen atoms in total. The third-order valence-electron chi connectivity index (χ3n) is 6.64. The predicted octanol–water partition coefficient (Wildman–Crippen LogP) is 5.44. The van der Waals surface area contributed by atoms with E-state index in [1.807, 2.05) is 6.92 Å². The maximum atomic E-state index is 14.9. The minimum Gasteiger partial charge on any atom is -0.437 e. The summed E-state index contributed by atoms with van der Waals surface area (Å²) >= 11 is 0. The molecule has 0 amide bonds. The van der Waals surface area contributed by atoms with Gasteiger partial charge in [0, 0.05) is 48.7 Å². The van der Waals surface area contributed by atoms with E-state index in [0.717, 1.165) is 5.56 Å². The third kappa shape index (κ3) is 6.71. The van der Waals surface area contributed by atoms with Gasteiger partial charge in [0.2, 0.25) is 21.9 Å². The summed E-state index contributed by atoms with van der Waals surface area (Å²) in [6.45, 7) is 6.34. The Hall–Kier alpha value is -3.90. The first kappa shape index (κ1) is 28.6. The number of hydrogen-bond acceptors (Lipinski definition) is 8. The van der Waals surface area contributed by atoms with Crippen molar-refractivity contribution in [3.05, 3.63) is 66.2 Å². The number of halogens is 2. The van der Waals surface area contributed by atoms with Crippen LogP contribution < -0.4 is 20.1 Å². The highest BCUT2D eigenvalue weighted by molar-refractivity contribution is 7.92. The van der Waals surface area contributed by atoms with Crippen molar-refractivity contribution in [2.24, 2.45) is 5.92 Å². The number of nitrogens with one attached hydrogen (secondary N) is 3. The number of ether oxygens (including phenoxy) is 1. The van der Waals surface area contributed by atoms with E-state index in [9.17, 15) is 17.2 Å². The number of aromatic nitrogens is 3. The summed E-state index contributed by atoms with van der Waals surface area (Å²) in [7, 11) is -3.78. The number of piperidine rings is 1. The monoisotopic (exact) mass is 582 g/mol. The van der Waals surface area contributed by atoms with Crippen molar-refractivity contribution in [2.45, 2.75) is 39.4 Å². The van der Waals surface area contributed by atoms with Crippen molar-refractivity contribution >= 4 is 32.4 Å². The number of aryl methyl sites for hydroxylation is 1. The zero-order chi connectivity index (χ0) is 29.1. The van der Waals surface area contributed by atoms with Crippen LogP contribution in [0.4, 0.5) is 20.4 Å². The van der Waals surface area contributed by atoms with Crippen LogP contribution in [-0.2, 0) is 10.0 Å². The molecule has 3 N–H and O–H groups in total. The fourth-order valence-corrected chi connectivity index (χ4v) is 6.34. The molecule has 1 fully saturated rings. The van der Waals surface area contributed by atoms with Gasteiger partial charge in [0.1, 0.15) is 17.7 Å². The van der Waals surface area contributed by atoms with Gasteiger partial charge in [0.05, 0.1) is 22.7 Å². The second-order valence-corrected chi connectivity index (χ2v) is 12.3. The highest BCUT2D eigenvalue weighted by Gasteiger charge is 2.23. The Morgan fingerprint density at radius 2 is 1.88 bits per heavy atom. The summed E-state index contributed by atoms with van der Waals surface area (Å²) in [6, 6.07) is 11.3. The fraction of sp³-hybridized carbons (Fsp3) is 0.345. The lowest BCUT2D eigenvalue weighted by atomic mass is 10.0. The molecule has 2 atom stereocenters. The smallest absolute Gasteiger partial charge is 0.233 e. The molecular formula is C29H32F2N6O3S. The van der Waals surface area contributed by atoms with Gasteiger partial charge in [-0.1, -0.05) is 26.0 Å². The van der Waals surface area contributed by atoms with Crippen LogP contribution >= 0.6 is 0 Å². The van der Waals surface area contributed by atoms with Crippen LogP contribution in [0.25, 0.3) is 22.0 Å². The first-order valence-corrected chi connectivity index (χ1v) is 15.0. The van der Waals surface area contributed by atoms with Crippen LogP contribution in [0.2, 0.25) is 0 Å². The molecule has 5 rings (SSSR count). The molecule has 1 aliphatic rings. The lowest BCUT2D eigenvalue weighted by Crippen LogP contribution is -2.44. The number of pyridine rings is 1. The first-order chi connectivity index (χ1) is 19.6. The number of nitrogens with zero attached hydrogens (tertiary/aromatic N) is 3. The zero-order valence-electron chi connectivity index (χ0n) is 23.0. The molecule has 1 saturated heterocycles. The van der Waals surface area contributed by atoms with Gasteiger partial charge in [-0.25, -0.2) is 32.2 Å². The lowest BCUT2D eigenvalue weighted by Gasteiger charge is -2.26. The van der Waals surface area contributed by atoms with Gasteiger partial charge in [-0.2, -0.15) is 0 Å². The van der Waals surface area contributed by atoms with Gasteiger partial charge in [0.25, 0.3) is 0 Å². The van der Waals surface area contributed by atoms with E-state index < -0.39 is 22.0 Å². The number of hydrogen-bond donors (Lipinski definition) is 3. The molecule has 41 heavy (non-hydrogen) atoms. The summed E-state index contributed by atoms with van der Waals surface area (Å²) in [4.78, 5) is 13.3. The van der Waals surface area contributed by atoms with E-state index in [0.29, 0.717) is 53.2 Å². The molecular weight excluding hydrogens is 550 g/mol. The van der Waals surface area contributed by atoms with Crippen LogP contribution in [0, 0.1) is 18.7 Å². The van der Waals surface area contributed by atoms with Crippen LogP contribution in [0.3, 0.4) is 0 Å². The van der Waals surface area contributed by atoms with Gasteiger partial charge < -0.3 is 15.4 Å². The molecule has 216 valence electrons. The molecule has 0 aliphatic carbocycles. The number of rotatable bonds is 9. The SMILES string of the molecule is Cc1ccc2c(NS(=O)(=O)CC(C)C)c(F)ccc2c1Oc1ncccc1-c1ccnc(N[C@@H]2CNC[C@@H](F)C2)n1. The van der Waals surface area contributed by atoms with Crippen LogP contribution in [0.5, 0.6) is 11.6 Å². The average molecular weight is 583 g/mol. The predicted molar refractivity (Wildman–Crippen MR) is 156 cm³/mol. The quantitative estimate of drug-likeness (QED) is 0.239. The van der Waals surface area contributed by atoms with Crippen molar-refractivity contribution in [1.29, 1.82) is 0 Å². The summed E-state index contributed by atoms with van der Waals surface area (Å²) < 4.78 is 62.9. The minimum atomic E-state index is -3.78. The Bertz CT molecular complexity index is 1670. The first-order valence-electron chi connectivity index (χ1n) is 13.4. The summed E-state index contributed by atoms with van der Waals surface area (Å²) in [5.41, 5.74) is 1.73. The molecule has 0 spiro atoms. The fourth-order valence-electron chi connectivity index (χ4n) is 4.86. The molecule has 0 bridgehead atoms. The van der Waals surface area contributed by atoms with Crippen molar-refractivity contribution < 1.29 is 21.9 Å². The van der Waals surface area contributed by atoms with Crippen molar-refractivity contribution in [3.8, 4) is 22.9 Å². The number of fused-ring (bicyclic) bond motifs is 1. The van der Waals surface area contributed by atoms with E-state index in [1.165, 1.54) is 6.07 Å². The molecule has 0 radical (unpaired) electrons. The molecule has 2 aromatic carbocycles. The Labute approximate surface area is 237 Å². The highest BCUT2D eigenvalue weighted by Crippen LogP contribution is 2.39. The van der Waals surface area contributed by atoms with Gasteiger partial charge >= 0.3 is 0 Å². The Morgan fingerprint density at radius 3 is 2.66 bits per heavy atom. The van der Waals surface area contributed by atoms with E-state index in [2.05, 4.69) is 30.3 Å². The standard InChI is InChI=1S/C29H32F2N6O3S/c1-17(2)16-41(38,39)37-26-21-7-6-18(3)27(22(21)8-9-24(26)31)40-28-23(5-4-11-33-28)25-10-12-34-29(36-25)35-20-13-19(30)14-32-15-20/h4-12,17,19-20,32,37H,13-16H2,1-3H3,(H,34,35,36)/t19-,20-/m0/s1. The Morgan fingerprint density at radius 1 is 1.07 bits per heavy atom. The van der Waals surface area contributed by atoms with E-state index >= 15 is 0 Å². The second kappa shape index (κ2) is 11.9. The number of sulfonamides is 1. The van der Waals surface area contributed by atoms with Crippen molar-refractivity contribution in [2.75, 3.05) is 28.9 Å². The normalized spacial score (nSPS) is 17.5. The molecule has 1 aliphatic heterocycles. The summed E-state index contributed by atoms with van der Waals surface area (Å²) in [5, 5.41) is 7.11. The Kier molecular flexibility index (Phi) is 8.32. The zero-order valence-corrected chi connectivity index (χ0v) is 23.8. The van der Waals surface area contributed by atoms with Crippen LogP contribution in [0.15, 0.2) is 54.9 Å². The van der Waals surface area contributed by atoms with Crippen LogP contribution in [-0.4, -0.2) is 54.4 Å². The van der Waals surface area contributed by atoms with E-state index in [-0.39, 0.29) is 29.3 Å². The molecule has 12 heteroatoms. The highest BCUT2D eigenvalue weighted by atomic mass is 32.2. The average Bonchev–Trinajstić information content (AvgIpc) is 2.91. The van der Waals surface area contributed by atoms with Crippen LogP contribution in [0.1, 0.15) is 25.8 Å². The number of anilines is 2. The maximum absolute atomic E-state index is 14.9. The van der Waals surface area contributed by atoms with Gasteiger partial charge in [-0.15, -0.1) is 0 Å². The van der Waals surface area contributed by atoms with Crippen molar-refractivity contribution in [3.63, 3.8) is 0 Å². The summed E-state index contributed by atoms with van der Waals surface area (Å²) in [6.07, 6.45) is 2.61. The van der Waals surface area contributed by atoms with E-state index in [1.54, 1.807) is 62.6 Å². The van der Waals surface area contributed by atoms with Gasteiger partial charge in [-0.05, 0) is 48.7 Å². The molecule has 2 aromatic heterocycles. The Balaban J connectivity index is 1.49. The number of benzene rings is 2. The molecule has 0 saturated carbocycles. The maximum Gasteiger partial charge on any atom is 0.233 e. The van der Waals surface area contributed by atoms with Gasteiger partial charge in [0.15, 0.2) is 0 Å². The minimum absolute atomic E-state index is 0.131. The third-order valence-corrected chi connectivity index (χ3v) is 8.26. The van der Waals surface area contributed by atoms with Crippen molar-refractivity contribution in [1.82, 2.24) is 20.3 Å². The van der Waals surface area contributed by atoms with Gasteiger partial charge in [-0.3, -0.25) is 4.72 Å². The largest absolute Gasteiger partial charge is 0.437 e. The molecule has 0 unspecified atom stereocenters. The summed E-state index contributed by atoms with van der Waals surface area (Å²) in [5.74, 6) is 0.0478. The van der Waals surface area contributed by atoms with E-state index in [4.69, 9.17) is 4.74 Å². The molecule has 4 aromatic rings. The second-order valence-electron chi connectivity index (χ2n) is 10.6. The number of alkyl halides is 1.